The normalized spacial score (nSPS) is 28.1. The van der Waals surface area contributed by atoms with Crippen molar-refractivity contribution in [1.29, 1.82) is 0 Å². The molecule has 0 saturated heterocycles. The summed E-state index contributed by atoms with van der Waals surface area (Å²) >= 11 is 0. The van der Waals surface area contributed by atoms with Gasteiger partial charge in [-0.3, -0.25) is 0 Å². The molecule has 2 aliphatic rings. The Morgan fingerprint density at radius 2 is 1.62 bits per heavy atom. The van der Waals surface area contributed by atoms with Crippen LogP contribution >= 0.6 is 0 Å². The van der Waals surface area contributed by atoms with Crippen molar-refractivity contribution < 1.29 is 0 Å². The molecule has 1 aromatic carbocycles. The summed E-state index contributed by atoms with van der Waals surface area (Å²) in [6.07, 6.45) is 7.92. The molecule has 0 amide bonds. The fourth-order valence-corrected chi connectivity index (χ4v) is 4.18. The van der Waals surface area contributed by atoms with Gasteiger partial charge in [-0.25, -0.2) is 0 Å². The average Bonchev–Trinajstić information content (AvgIpc) is 2.44. The fourth-order valence-electron chi connectivity index (χ4n) is 4.18. The van der Waals surface area contributed by atoms with Gasteiger partial charge in [0.05, 0.1) is 0 Å². The zero-order chi connectivity index (χ0) is 15.1. The van der Waals surface area contributed by atoms with E-state index >= 15 is 0 Å². The van der Waals surface area contributed by atoms with E-state index in [-0.39, 0.29) is 0 Å². The van der Waals surface area contributed by atoms with Crippen molar-refractivity contribution in [1.82, 2.24) is 5.32 Å². The Labute approximate surface area is 130 Å². The third-order valence-corrected chi connectivity index (χ3v) is 5.93. The van der Waals surface area contributed by atoms with Gasteiger partial charge in [0.15, 0.2) is 0 Å². The number of nitrogens with one attached hydrogen (secondary N) is 1. The molecule has 116 valence electrons. The summed E-state index contributed by atoms with van der Waals surface area (Å²) in [7, 11) is 0. The predicted octanol–water partition coefficient (Wildman–Crippen LogP) is 5.26. The Balaban J connectivity index is 1.77. The summed E-state index contributed by atoms with van der Waals surface area (Å²) < 4.78 is 0. The van der Waals surface area contributed by atoms with Gasteiger partial charge < -0.3 is 5.32 Å². The first kappa shape index (κ1) is 15.1. The average molecular weight is 285 g/mol. The molecule has 0 radical (unpaired) electrons. The van der Waals surface area contributed by atoms with E-state index in [9.17, 15) is 0 Å². The standard InChI is InChI=1S/C20H31N/c1-19(2)12-10-16(11-13-19)21-18-17-8-6-5-7-15(17)9-14-20(18,3)4/h5-8,16,18,21H,9-14H2,1-4H3. The monoisotopic (exact) mass is 285 g/mol. The van der Waals surface area contributed by atoms with Gasteiger partial charge in [-0.15, -0.1) is 0 Å². The maximum atomic E-state index is 4.04. The SMILES string of the molecule is CC1(C)CCC(NC2c3ccccc3CCC2(C)C)CC1. The van der Waals surface area contributed by atoms with E-state index in [2.05, 4.69) is 57.3 Å². The molecule has 1 saturated carbocycles. The van der Waals surface area contributed by atoms with Crippen molar-refractivity contribution in [2.24, 2.45) is 10.8 Å². The van der Waals surface area contributed by atoms with Gasteiger partial charge in [-0.1, -0.05) is 52.0 Å². The fraction of sp³-hybridized carbons (Fsp3) is 0.700. The molecule has 0 heterocycles. The lowest BCUT2D eigenvalue weighted by molar-refractivity contribution is 0.149. The summed E-state index contributed by atoms with van der Waals surface area (Å²) in [6, 6.07) is 10.3. The van der Waals surface area contributed by atoms with Crippen LogP contribution in [0.1, 0.15) is 77.0 Å². The lowest BCUT2D eigenvalue weighted by Crippen LogP contribution is -2.45. The second-order valence-corrected chi connectivity index (χ2v) is 8.73. The van der Waals surface area contributed by atoms with E-state index in [0.29, 0.717) is 22.9 Å². The zero-order valence-electron chi connectivity index (χ0n) is 14.2. The van der Waals surface area contributed by atoms with Gasteiger partial charge in [-0.2, -0.15) is 0 Å². The van der Waals surface area contributed by atoms with Crippen molar-refractivity contribution >= 4 is 0 Å². The summed E-state index contributed by atoms with van der Waals surface area (Å²) in [5.41, 5.74) is 4.03. The molecule has 0 spiro atoms. The predicted molar refractivity (Wildman–Crippen MR) is 90.5 cm³/mol. The first-order valence-corrected chi connectivity index (χ1v) is 8.71. The molecule has 1 nitrogen and oxygen atoms in total. The highest BCUT2D eigenvalue weighted by Crippen LogP contribution is 2.45. The topological polar surface area (TPSA) is 12.0 Å². The van der Waals surface area contributed by atoms with E-state index in [0.717, 1.165) is 0 Å². The third-order valence-electron chi connectivity index (χ3n) is 5.93. The summed E-state index contributed by atoms with van der Waals surface area (Å²) in [5, 5.41) is 4.04. The lowest BCUT2D eigenvalue weighted by atomic mass is 9.69. The van der Waals surface area contributed by atoms with E-state index in [1.807, 2.05) is 0 Å². The summed E-state index contributed by atoms with van der Waals surface area (Å²) in [6.45, 7) is 9.72. The van der Waals surface area contributed by atoms with E-state index in [4.69, 9.17) is 0 Å². The number of aryl methyl sites for hydroxylation is 1. The van der Waals surface area contributed by atoms with Crippen LogP contribution in [0.4, 0.5) is 0 Å². The van der Waals surface area contributed by atoms with Crippen molar-refractivity contribution in [3.63, 3.8) is 0 Å². The highest BCUT2D eigenvalue weighted by atomic mass is 15.0. The van der Waals surface area contributed by atoms with Crippen LogP contribution in [-0.2, 0) is 6.42 Å². The van der Waals surface area contributed by atoms with Crippen molar-refractivity contribution in [3.8, 4) is 0 Å². The molecular formula is C20H31N. The molecule has 1 unspecified atom stereocenters. The van der Waals surface area contributed by atoms with Crippen LogP contribution < -0.4 is 5.32 Å². The maximum absolute atomic E-state index is 4.04. The van der Waals surface area contributed by atoms with Gasteiger partial charge in [0.1, 0.15) is 0 Å². The quantitative estimate of drug-likeness (QED) is 0.781. The van der Waals surface area contributed by atoms with Crippen molar-refractivity contribution in [2.45, 2.75) is 78.3 Å². The zero-order valence-corrected chi connectivity index (χ0v) is 14.2. The van der Waals surface area contributed by atoms with Crippen LogP contribution in [0, 0.1) is 10.8 Å². The number of hydrogen-bond acceptors (Lipinski definition) is 1. The number of benzene rings is 1. The highest BCUT2D eigenvalue weighted by molar-refractivity contribution is 5.34. The Kier molecular flexibility index (Phi) is 3.90. The van der Waals surface area contributed by atoms with E-state index in [1.54, 1.807) is 11.1 Å². The van der Waals surface area contributed by atoms with Crippen LogP contribution in [0.5, 0.6) is 0 Å². The van der Waals surface area contributed by atoms with Crippen LogP contribution in [0.2, 0.25) is 0 Å². The van der Waals surface area contributed by atoms with Gasteiger partial charge in [0.2, 0.25) is 0 Å². The molecule has 1 heteroatoms. The minimum Gasteiger partial charge on any atom is -0.307 e. The first-order valence-electron chi connectivity index (χ1n) is 8.71. The summed E-state index contributed by atoms with van der Waals surface area (Å²) in [5.74, 6) is 0. The Morgan fingerprint density at radius 1 is 0.952 bits per heavy atom. The second kappa shape index (κ2) is 5.43. The molecule has 1 fully saturated rings. The molecule has 21 heavy (non-hydrogen) atoms. The molecule has 2 aliphatic carbocycles. The third kappa shape index (κ3) is 3.18. The Hall–Kier alpha value is -0.820. The van der Waals surface area contributed by atoms with Crippen LogP contribution in [0.25, 0.3) is 0 Å². The van der Waals surface area contributed by atoms with Gasteiger partial charge >= 0.3 is 0 Å². The summed E-state index contributed by atoms with van der Waals surface area (Å²) in [4.78, 5) is 0. The molecule has 1 aromatic rings. The molecule has 0 aromatic heterocycles. The van der Waals surface area contributed by atoms with Crippen LogP contribution in [-0.4, -0.2) is 6.04 Å². The van der Waals surface area contributed by atoms with Crippen molar-refractivity contribution in [2.75, 3.05) is 0 Å². The molecule has 0 aliphatic heterocycles. The number of fused-ring (bicyclic) bond motifs is 1. The second-order valence-electron chi connectivity index (χ2n) is 8.73. The van der Waals surface area contributed by atoms with E-state index < -0.39 is 0 Å². The molecule has 1 N–H and O–H groups in total. The molecule has 0 bridgehead atoms. The lowest BCUT2D eigenvalue weighted by Gasteiger charge is -2.44. The highest BCUT2D eigenvalue weighted by Gasteiger charge is 2.37. The van der Waals surface area contributed by atoms with Crippen LogP contribution in [0.3, 0.4) is 0 Å². The molecule has 1 atom stereocenters. The van der Waals surface area contributed by atoms with Gasteiger partial charge in [0, 0.05) is 12.1 Å². The number of rotatable bonds is 2. The molecular weight excluding hydrogens is 254 g/mol. The largest absolute Gasteiger partial charge is 0.307 e. The maximum Gasteiger partial charge on any atom is 0.0376 e. The Bertz CT molecular complexity index is 490. The minimum absolute atomic E-state index is 0.362. The van der Waals surface area contributed by atoms with Crippen molar-refractivity contribution in [3.05, 3.63) is 35.4 Å². The van der Waals surface area contributed by atoms with E-state index in [1.165, 1.54) is 38.5 Å². The van der Waals surface area contributed by atoms with Crippen LogP contribution in [0.15, 0.2) is 24.3 Å². The molecule has 3 rings (SSSR count). The number of hydrogen-bond donors (Lipinski definition) is 1. The first-order chi connectivity index (χ1) is 9.87. The minimum atomic E-state index is 0.362. The van der Waals surface area contributed by atoms with Gasteiger partial charge in [0.25, 0.3) is 0 Å². The van der Waals surface area contributed by atoms with Gasteiger partial charge in [-0.05, 0) is 60.5 Å². The smallest absolute Gasteiger partial charge is 0.0376 e. The Morgan fingerprint density at radius 3 is 2.33 bits per heavy atom.